The van der Waals surface area contributed by atoms with E-state index in [1.54, 1.807) is 18.2 Å². The zero-order valence-corrected chi connectivity index (χ0v) is 20.4. The van der Waals surface area contributed by atoms with Crippen molar-refractivity contribution < 1.29 is 9.18 Å². The average molecular weight is 487 g/mol. The summed E-state index contributed by atoms with van der Waals surface area (Å²) in [4.78, 5) is 19.5. The molecule has 35 heavy (non-hydrogen) atoms. The number of rotatable bonds is 3. The first-order chi connectivity index (χ1) is 17.1. The van der Waals surface area contributed by atoms with E-state index in [0.717, 1.165) is 37.3 Å². The normalized spacial score (nSPS) is 17.3. The number of hydrogen-bond donors (Lipinski definition) is 1. The Kier molecular flexibility index (Phi) is 5.66. The van der Waals surface area contributed by atoms with Crippen LogP contribution in [0.25, 0.3) is 5.00 Å². The summed E-state index contributed by atoms with van der Waals surface area (Å²) in [5.74, 6) is -0.441. The second kappa shape index (κ2) is 8.98. The maximum atomic E-state index is 14.5. The number of fused-ring (bicyclic) bond motifs is 5. The number of halogens is 1. The second-order valence-electron chi connectivity index (χ2n) is 9.06. The number of thiophene rings is 1. The van der Waals surface area contributed by atoms with Crippen LogP contribution in [0.4, 0.5) is 14.9 Å². The SMILES string of the molecule is CCN1CCc2c(sc3c2CN(C(=O)Nc2ccccc2F)[C@@H](c2ccccc2)c2cccn2-3)C1. The third kappa shape index (κ3) is 3.85. The van der Waals surface area contributed by atoms with Crippen LogP contribution < -0.4 is 5.32 Å². The van der Waals surface area contributed by atoms with Crippen molar-refractivity contribution in [3.63, 3.8) is 0 Å². The van der Waals surface area contributed by atoms with Gasteiger partial charge in [0.05, 0.1) is 24.0 Å². The molecule has 0 aliphatic carbocycles. The molecule has 1 atom stereocenters. The van der Waals surface area contributed by atoms with E-state index >= 15 is 0 Å². The van der Waals surface area contributed by atoms with Crippen molar-refractivity contribution in [3.8, 4) is 5.00 Å². The fourth-order valence-corrected chi connectivity index (χ4v) is 6.69. The number of nitrogens with zero attached hydrogens (tertiary/aromatic N) is 3. The Balaban J connectivity index is 1.49. The molecule has 2 aromatic heterocycles. The van der Waals surface area contributed by atoms with Crippen LogP contribution >= 0.6 is 11.3 Å². The highest BCUT2D eigenvalue weighted by Gasteiger charge is 2.36. The summed E-state index contributed by atoms with van der Waals surface area (Å²) in [6, 6.07) is 19.9. The molecular formula is C28H27FN4OS. The molecule has 178 valence electrons. The number of nitrogens with one attached hydrogen (secondary N) is 1. The molecule has 0 bridgehead atoms. The van der Waals surface area contributed by atoms with Crippen molar-refractivity contribution in [3.05, 3.63) is 106 Å². The summed E-state index contributed by atoms with van der Waals surface area (Å²) < 4.78 is 16.7. The minimum Gasteiger partial charge on any atom is -0.310 e. The Morgan fingerprint density at radius 2 is 1.83 bits per heavy atom. The lowest BCUT2D eigenvalue weighted by Crippen LogP contribution is -2.38. The van der Waals surface area contributed by atoms with Gasteiger partial charge in [0.1, 0.15) is 10.8 Å². The molecule has 0 unspecified atom stereocenters. The predicted octanol–water partition coefficient (Wildman–Crippen LogP) is 6.19. The van der Waals surface area contributed by atoms with Gasteiger partial charge in [0.25, 0.3) is 0 Å². The molecular weight excluding hydrogens is 459 g/mol. The zero-order chi connectivity index (χ0) is 23.9. The third-order valence-electron chi connectivity index (χ3n) is 7.08. The lowest BCUT2D eigenvalue weighted by Gasteiger charge is -2.32. The van der Waals surface area contributed by atoms with E-state index in [9.17, 15) is 9.18 Å². The number of benzene rings is 2. The number of hydrogen-bond acceptors (Lipinski definition) is 3. The highest BCUT2D eigenvalue weighted by Crippen LogP contribution is 2.43. The van der Waals surface area contributed by atoms with Crippen LogP contribution in [-0.4, -0.2) is 33.5 Å². The summed E-state index contributed by atoms with van der Waals surface area (Å²) in [5.41, 5.74) is 4.82. The van der Waals surface area contributed by atoms with Gasteiger partial charge in [0.15, 0.2) is 0 Å². The molecule has 0 saturated heterocycles. The van der Waals surface area contributed by atoms with Crippen LogP contribution in [0, 0.1) is 5.82 Å². The lowest BCUT2D eigenvalue weighted by atomic mass is 10.00. The van der Waals surface area contributed by atoms with Gasteiger partial charge in [-0.3, -0.25) is 4.90 Å². The molecule has 4 aromatic rings. The Hall–Kier alpha value is -3.42. The topological polar surface area (TPSA) is 40.5 Å². The maximum absolute atomic E-state index is 14.5. The van der Waals surface area contributed by atoms with E-state index in [1.807, 2.05) is 40.5 Å². The van der Waals surface area contributed by atoms with Crippen LogP contribution in [0.15, 0.2) is 72.9 Å². The monoisotopic (exact) mass is 486 g/mol. The molecule has 5 nitrogen and oxygen atoms in total. The van der Waals surface area contributed by atoms with Crippen LogP contribution in [0.2, 0.25) is 0 Å². The number of aromatic nitrogens is 1. The van der Waals surface area contributed by atoms with Crippen molar-refractivity contribution in [2.45, 2.75) is 32.5 Å². The molecule has 2 aliphatic heterocycles. The average Bonchev–Trinajstić information content (AvgIpc) is 3.47. The third-order valence-corrected chi connectivity index (χ3v) is 8.34. The van der Waals surface area contributed by atoms with E-state index < -0.39 is 5.82 Å². The minimum absolute atomic E-state index is 0.190. The molecule has 6 rings (SSSR count). The van der Waals surface area contributed by atoms with Gasteiger partial charge in [0, 0.05) is 29.7 Å². The molecule has 0 spiro atoms. The van der Waals surface area contributed by atoms with Crippen LogP contribution in [0.5, 0.6) is 0 Å². The fourth-order valence-electron chi connectivity index (χ4n) is 5.28. The van der Waals surface area contributed by atoms with Gasteiger partial charge in [-0.15, -0.1) is 11.3 Å². The summed E-state index contributed by atoms with van der Waals surface area (Å²) in [6.07, 6.45) is 3.08. The first-order valence-corrected chi connectivity index (χ1v) is 12.9. The minimum atomic E-state index is -0.441. The van der Waals surface area contributed by atoms with Gasteiger partial charge in [-0.05, 0) is 48.4 Å². The van der Waals surface area contributed by atoms with E-state index in [2.05, 4.69) is 46.1 Å². The summed E-state index contributed by atoms with van der Waals surface area (Å²) in [5, 5.41) is 4.04. The second-order valence-corrected chi connectivity index (χ2v) is 10.1. The Morgan fingerprint density at radius 3 is 2.63 bits per heavy atom. The van der Waals surface area contributed by atoms with E-state index in [1.165, 1.54) is 27.1 Å². The molecule has 2 aliphatic rings. The number of carbonyl (C=O) groups excluding carboxylic acids is 1. The number of amides is 2. The van der Waals surface area contributed by atoms with Crippen LogP contribution in [0.3, 0.4) is 0 Å². The van der Waals surface area contributed by atoms with Crippen LogP contribution in [-0.2, 0) is 19.5 Å². The number of urea groups is 1. The Morgan fingerprint density at radius 1 is 1.03 bits per heavy atom. The van der Waals surface area contributed by atoms with E-state index in [-0.39, 0.29) is 17.8 Å². The maximum Gasteiger partial charge on any atom is 0.323 e. The number of para-hydroxylation sites is 1. The number of carbonyl (C=O) groups is 1. The summed E-state index contributed by atoms with van der Waals surface area (Å²) >= 11 is 1.84. The van der Waals surface area contributed by atoms with Crippen molar-refractivity contribution in [2.24, 2.45) is 0 Å². The molecule has 2 aromatic carbocycles. The molecule has 2 amide bonds. The predicted molar refractivity (Wildman–Crippen MR) is 138 cm³/mol. The van der Waals surface area contributed by atoms with E-state index in [0.29, 0.717) is 6.54 Å². The largest absolute Gasteiger partial charge is 0.323 e. The smallest absolute Gasteiger partial charge is 0.310 e. The van der Waals surface area contributed by atoms with Gasteiger partial charge in [-0.1, -0.05) is 49.4 Å². The van der Waals surface area contributed by atoms with Gasteiger partial charge >= 0.3 is 6.03 Å². The fraction of sp³-hybridized carbons (Fsp3) is 0.250. The highest BCUT2D eigenvalue weighted by atomic mass is 32.1. The van der Waals surface area contributed by atoms with Crippen molar-refractivity contribution in [2.75, 3.05) is 18.4 Å². The zero-order valence-electron chi connectivity index (χ0n) is 19.6. The van der Waals surface area contributed by atoms with Crippen molar-refractivity contribution in [1.82, 2.24) is 14.4 Å². The Labute approximate surface area is 208 Å². The molecule has 0 fully saturated rings. The van der Waals surface area contributed by atoms with E-state index in [4.69, 9.17) is 0 Å². The molecule has 4 heterocycles. The lowest BCUT2D eigenvalue weighted by molar-refractivity contribution is 0.194. The summed E-state index contributed by atoms with van der Waals surface area (Å²) in [7, 11) is 0. The van der Waals surface area contributed by atoms with Crippen molar-refractivity contribution in [1.29, 1.82) is 0 Å². The van der Waals surface area contributed by atoms with Gasteiger partial charge < -0.3 is 14.8 Å². The molecule has 1 N–H and O–H groups in total. The van der Waals surface area contributed by atoms with Gasteiger partial charge in [-0.2, -0.15) is 0 Å². The molecule has 0 saturated carbocycles. The van der Waals surface area contributed by atoms with Gasteiger partial charge in [0.2, 0.25) is 0 Å². The number of anilines is 1. The first-order valence-electron chi connectivity index (χ1n) is 12.0. The highest BCUT2D eigenvalue weighted by molar-refractivity contribution is 7.15. The van der Waals surface area contributed by atoms with Crippen LogP contribution in [0.1, 0.15) is 40.2 Å². The molecule has 0 radical (unpaired) electrons. The quantitative estimate of drug-likeness (QED) is 0.375. The first kappa shape index (κ1) is 22.1. The summed E-state index contributed by atoms with van der Waals surface area (Å²) in [6.45, 7) is 5.67. The van der Waals surface area contributed by atoms with Gasteiger partial charge in [-0.25, -0.2) is 9.18 Å². The number of likely N-dealkylation sites (N-methyl/N-ethyl adjacent to an activating group) is 1. The van der Waals surface area contributed by atoms with Crippen molar-refractivity contribution >= 4 is 23.1 Å². The standard InChI is InChI=1S/C28H27FN4OS/c1-2-31-16-14-20-21-17-33(28(34)30-23-12-7-6-11-22(23)29)26(19-9-4-3-5-10-19)24-13-8-15-32(24)27(21)35-25(20)18-31/h3-13,15,26H,2,14,16-18H2,1H3,(H,30,34)/t26-/m0/s1. The molecule has 7 heteroatoms. The Bertz CT molecular complexity index is 1380.